The van der Waals surface area contributed by atoms with Gasteiger partial charge in [0.2, 0.25) is 0 Å². The van der Waals surface area contributed by atoms with Gasteiger partial charge in [-0.25, -0.2) is 0 Å². The van der Waals surface area contributed by atoms with Crippen LogP contribution in [0.5, 0.6) is 5.75 Å². The number of amides is 1. The number of carbonyl (C=O) groups excluding carboxylic acids is 1. The summed E-state index contributed by atoms with van der Waals surface area (Å²) >= 11 is 5.87. The minimum absolute atomic E-state index is 0.0984. The van der Waals surface area contributed by atoms with Crippen molar-refractivity contribution in [2.45, 2.75) is 46.3 Å². The average molecular weight is 270 g/mol. The van der Waals surface area contributed by atoms with Gasteiger partial charge in [-0.15, -0.1) is 0 Å². The minimum atomic E-state index is -0.515. The molecule has 0 saturated heterocycles. The summed E-state index contributed by atoms with van der Waals surface area (Å²) in [4.78, 5) is 11.8. The highest BCUT2D eigenvalue weighted by Gasteiger charge is 2.16. The van der Waals surface area contributed by atoms with E-state index in [2.05, 4.69) is 5.32 Å². The van der Waals surface area contributed by atoms with Crippen molar-refractivity contribution in [2.75, 3.05) is 0 Å². The lowest BCUT2D eigenvalue weighted by Gasteiger charge is -2.18. The molecule has 0 aliphatic heterocycles. The normalized spacial score (nSPS) is 13.8. The first kappa shape index (κ1) is 14.8. The molecule has 0 radical (unpaired) electrons. The molecule has 0 fully saturated rings. The van der Waals surface area contributed by atoms with Gasteiger partial charge in [0.1, 0.15) is 5.75 Å². The Morgan fingerprint density at radius 3 is 2.67 bits per heavy atom. The van der Waals surface area contributed by atoms with Gasteiger partial charge in [0.15, 0.2) is 6.10 Å². The van der Waals surface area contributed by atoms with Crippen LogP contribution in [0.3, 0.4) is 0 Å². The summed E-state index contributed by atoms with van der Waals surface area (Å²) in [6.07, 6.45) is 0.386. The molecule has 1 aromatic carbocycles. The van der Waals surface area contributed by atoms with Gasteiger partial charge in [0, 0.05) is 11.1 Å². The molecule has 0 spiro atoms. The largest absolute Gasteiger partial charge is 0.481 e. The van der Waals surface area contributed by atoms with Gasteiger partial charge in [0.05, 0.1) is 0 Å². The Morgan fingerprint density at radius 1 is 1.44 bits per heavy atom. The van der Waals surface area contributed by atoms with Crippen molar-refractivity contribution in [1.82, 2.24) is 5.32 Å². The summed E-state index contributed by atoms with van der Waals surface area (Å²) in [5, 5.41) is 3.55. The zero-order valence-corrected chi connectivity index (χ0v) is 12.0. The molecular formula is C14H20ClNO2. The SMILES string of the molecule is CC[C@@H](C)NC(=O)[C@@H](C)Oc1ccc(Cl)cc1C. The fourth-order valence-electron chi connectivity index (χ4n) is 1.45. The number of nitrogens with one attached hydrogen (secondary N) is 1. The molecule has 3 nitrogen and oxygen atoms in total. The van der Waals surface area contributed by atoms with Crippen molar-refractivity contribution in [2.24, 2.45) is 0 Å². The fraction of sp³-hybridized carbons (Fsp3) is 0.500. The molecule has 0 aliphatic rings. The number of carbonyl (C=O) groups is 1. The van der Waals surface area contributed by atoms with E-state index in [4.69, 9.17) is 16.3 Å². The maximum atomic E-state index is 11.8. The van der Waals surface area contributed by atoms with E-state index in [1.807, 2.05) is 26.8 Å². The van der Waals surface area contributed by atoms with E-state index >= 15 is 0 Å². The summed E-state index contributed by atoms with van der Waals surface area (Å²) in [6, 6.07) is 5.51. The van der Waals surface area contributed by atoms with Crippen LogP contribution in [-0.4, -0.2) is 18.1 Å². The van der Waals surface area contributed by atoms with Crippen LogP contribution < -0.4 is 10.1 Å². The van der Waals surface area contributed by atoms with Crippen LogP contribution in [0.4, 0.5) is 0 Å². The second kappa shape index (κ2) is 6.64. The van der Waals surface area contributed by atoms with Crippen LogP contribution in [0.25, 0.3) is 0 Å². The second-order valence-electron chi connectivity index (χ2n) is 4.49. The average Bonchev–Trinajstić information content (AvgIpc) is 2.32. The Hall–Kier alpha value is -1.22. The second-order valence-corrected chi connectivity index (χ2v) is 4.92. The zero-order chi connectivity index (χ0) is 13.7. The lowest BCUT2D eigenvalue weighted by molar-refractivity contribution is -0.127. The summed E-state index contributed by atoms with van der Waals surface area (Å²) in [6.45, 7) is 7.64. The molecule has 0 aliphatic carbocycles. The Morgan fingerprint density at radius 2 is 2.11 bits per heavy atom. The fourth-order valence-corrected chi connectivity index (χ4v) is 1.68. The molecule has 1 amide bonds. The Labute approximate surface area is 113 Å². The standard InChI is InChI=1S/C14H20ClNO2/c1-5-10(3)16-14(17)11(4)18-13-7-6-12(15)8-9(13)2/h6-8,10-11H,5H2,1-4H3,(H,16,17)/t10-,11-/m1/s1. The predicted octanol–water partition coefficient (Wildman–Crippen LogP) is 3.33. The van der Waals surface area contributed by atoms with E-state index in [1.165, 1.54) is 0 Å². The Balaban J connectivity index is 2.63. The molecule has 100 valence electrons. The number of rotatable bonds is 5. The van der Waals surface area contributed by atoms with E-state index in [-0.39, 0.29) is 11.9 Å². The number of halogens is 1. The third kappa shape index (κ3) is 4.22. The van der Waals surface area contributed by atoms with Gasteiger partial charge in [-0.3, -0.25) is 4.79 Å². The molecule has 0 bridgehead atoms. The van der Waals surface area contributed by atoms with Crippen molar-refractivity contribution in [3.63, 3.8) is 0 Å². The summed E-state index contributed by atoms with van der Waals surface area (Å²) in [5.41, 5.74) is 0.922. The molecule has 1 rings (SSSR count). The Kier molecular flexibility index (Phi) is 5.48. The maximum absolute atomic E-state index is 11.8. The van der Waals surface area contributed by atoms with Crippen molar-refractivity contribution in [3.8, 4) is 5.75 Å². The number of hydrogen-bond acceptors (Lipinski definition) is 2. The van der Waals surface area contributed by atoms with Gasteiger partial charge in [-0.05, 0) is 51.0 Å². The predicted molar refractivity (Wildman–Crippen MR) is 74.2 cm³/mol. The highest BCUT2D eigenvalue weighted by Crippen LogP contribution is 2.22. The summed E-state index contributed by atoms with van der Waals surface area (Å²) in [7, 11) is 0. The quantitative estimate of drug-likeness (QED) is 0.890. The number of hydrogen-bond donors (Lipinski definition) is 1. The summed E-state index contributed by atoms with van der Waals surface area (Å²) < 4.78 is 5.64. The molecule has 1 aromatic rings. The molecule has 0 unspecified atom stereocenters. The first-order chi connectivity index (χ1) is 8.43. The molecule has 4 heteroatoms. The lowest BCUT2D eigenvalue weighted by Crippen LogP contribution is -2.41. The molecular weight excluding hydrogens is 250 g/mol. The topological polar surface area (TPSA) is 38.3 Å². The van der Waals surface area contributed by atoms with Gasteiger partial charge >= 0.3 is 0 Å². The monoisotopic (exact) mass is 269 g/mol. The van der Waals surface area contributed by atoms with E-state index in [1.54, 1.807) is 19.1 Å². The van der Waals surface area contributed by atoms with Gasteiger partial charge < -0.3 is 10.1 Å². The molecule has 0 heterocycles. The van der Waals surface area contributed by atoms with Gasteiger partial charge in [-0.2, -0.15) is 0 Å². The van der Waals surface area contributed by atoms with E-state index in [9.17, 15) is 4.79 Å². The van der Waals surface area contributed by atoms with E-state index in [0.29, 0.717) is 10.8 Å². The molecule has 0 saturated carbocycles. The first-order valence-corrected chi connectivity index (χ1v) is 6.55. The maximum Gasteiger partial charge on any atom is 0.260 e. The number of aryl methyl sites for hydroxylation is 1. The first-order valence-electron chi connectivity index (χ1n) is 6.17. The van der Waals surface area contributed by atoms with Crippen molar-refractivity contribution >= 4 is 17.5 Å². The number of benzene rings is 1. The zero-order valence-electron chi connectivity index (χ0n) is 11.3. The van der Waals surface area contributed by atoms with E-state index < -0.39 is 6.10 Å². The van der Waals surface area contributed by atoms with Gasteiger partial charge in [0.25, 0.3) is 5.91 Å². The third-order valence-electron chi connectivity index (χ3n) is 2.81. The van der Waals surface area contributed by atoms with Gasteiger partial charge in [-0.1, -0.05) is 18.5 Å². The smallest absolute Gasteiger partial charge is 0.260 e. The van der Waals surface area contributed by atoms with E-state index in [0.717, 1.165) is 12.0 Å². The van der Waals surface area contributed by atoms with Crippen molar-refractivity contribution < 1.29 is 9.53 Å². The minimum Gasteiger partial charge on any atom is -0.481 e. The summed E-state index contributed by atoms with van der Waals surface area (Å²) in [5.74, 6) is 0.588. The molecule has 1 N–H and O–H groups in total. The lowest BCUT2D eigenvalue weighted by atomic mass is 10.2. The highest BCUT2D eigenvalue weighted by molar-refractivity contribution is 6.30. The van der Waals surface area contributed by atoms with Crippen LogP contribution in [0, 0.1) is 6.92 Å². The Bertz CT molecular complexity index is 420. The van der Waals surface area contributed by atoms with Crippen LogP contribution in [0.15, 0.2) is 18.2 Å². The van der Waals surface area contributed by atoms with Crippen LogP contribution >= 0.6 is 11.6 Å². The number of ether oxygens (including phenoxy) is 1. The molecule has 0 aromatic heterocycles. The molecule has 2 atom stereocenters. The van der Waals surface area contributed by atoms with Crippen LogP contribution in [-0.2, 0) is 4.79 Å². The van der Waals surface area contributed by atoms with Crippen molar-refractivity contribution in [3.05, 3.63) is 28.8 Å². The van der Waals surface area contributed by atoms with Crippen molar-refractivity contribution in [1.29, 1.82) is 0 Å². The van der Waals surface area contributed by atoms with Crippen LogP contribution in [0.2, 0.25) is 5.02 Å². The highest BCUT2D eigenvalue weighted by atomic mass is 35.5. The third-order valence-corrected chi connectivity index (χ3v) is 3.05. The molecule has 18 heavy (non-hydrogen) atoms. The van der Waals surface area contributed by atoms with Crippen LogP contribution in [0.1, 0.15) is 32.8 Å².